The molecule has 12 heteroatoms. The summed E-state index contributed by atoms with van der Waals surface area (Å²) in [4.78, 5) is 25.4. The highest BCUT2D eigenvalue weighted by atomic mass is 35.5. The molecule has 0 saturated carbocycles. The van der Waals surface area contributed by atoms with Crippen LogP contribution in [0.15, 0.2) is 24.3 Å². The number of amides is 1. The summed E-state index contributed by atoms with van der Waals surface area (Å²) in [7, 11) is -5.44. The molecule has 30 heavy (non-hydrogen) atoms. The van der Waals surface area contributed by atoms with Gasteiger partial charge in [-0.25, -0.2) is 4.79 Å². The molecule has 0 heterocycles. The van der Waals surface area contributed by atoms with E-state index >= 15 is 0 Å². The number of hydrogen-bond donors (Lipinski definition) is 1. The smallest absolute Gasteiger partial charge is 0.434 e. The Morgan fingerprint density at radius 3 is 2.00 bits per heavy atom. The van der Waals surface area contributed by atoms with Crippen LogP contribution in [-0.2, 0) is 23.1 Å². The lowest BCUT2D eigenvalue weighted by Crippen LogP contribution is -2.65. The molecule has 0 spiro atoms. The van der Waals surface area contributed by atoms with Crippen LogP contribution in [-0.4, -0.2) is 42.1 Å². The Balaban J connectivity index is 3.79. The van der Waals surface area contributed by atoms with Gasteiger partial charge >= 0.3 is 25.0 Å². The van der Waals surface area contributed by atoms with Crippen LogP contribution in [0.5, 0.6) is 0 Å². The summed E-state index contributed by atoms with van der Waals surface area (Å²) in [5.74, 6) is -3.44. The molecule has 0 fully saturated rings. The normalized spacial score (nSPS) is 14.5. The first-order valence-electron chi connectivity index (χ1n) is 8.99. The average molecular weight is 474 g/mol. The second kappa shape index (κ2) is 10.1. The van der Waals surface area contributed by atoms with Crippen LogP contribution in [0.25, 0.3) is 0 Å². The zero-order chi connectivity index (χ0) is 23.3. The third kappa shape index (κ3) is 5.55. The quantitative estimate of drug-likeness (QED) is 0.404. The molecule has 170 valence electrons. The average Bonchev–Trinajstić information content (AvgIpc) is 2.57. The van der Waals surface area contributed by atoms with Crippen molar-refractivity contribution in [3.05, 3.63) is 34.9 Å². The number of ether oxygens (including phenoxy) is 1. The molecular formula is C18H24ClF3NO6P. The van der Waals surface area contributed by atoms with Gasteiger partial charge in [0.25, 0.3) is 5.91 Å². The molecule has 1 rings (SSSR count). The van der Waals surface area contributed by atoms with Gasteiger partial charge in [-0.05, 0) is 46.8 Å². The van der Waals surface area contributed by atoms with Crippen molar-refractivity contribution in [1.82, 2.24) is 5.32 Å². The lowest BCUT2D eigenvalue weighted by Gasteiger charge is -2.39. The molecule has 1 unspecified atom stereocenters. The first-order chi connectivity index (χ1) is 13.7. The summed E-state index contributed by atoms with van der Waals surface area (Å²) in [5, 5.41) is -2.78. The van der Waals surface area contributed by atoms with Crippen LogP contribution >= 0.6 is 19.2 Å². The Bertz CT molecular complexity index is 803. The van der Waals surface area contributed by atoms with E-state index < -0.39 is 49.7 Å². The Hall–Kier alpha value is -1.61. The molecule has 1 amide bonds. The molecule has 1 atom stereocenters. The molecular weight excluding hydrogens is 450 g/mol. The SMILES string of the molecule is CCOC(=O)C(NC(=O)c1ccccc1Cl)(C(F)(F)F)P(=O)(OC(C)C)OC(C)C. The molecule has 1 N–H and O–H groups in total. The van der Waals surface area contributed by atoms with Crippen molar-refractivity contribution in [2.24, 2.45) is 0 Å². The predicted molar refractivity (Wildman–Crippen MR) is 104 cm³/mol. The molecule has 0 aromatic heterocycles. The minimum Gasteiger partial charge on any atom is -0.463 e. The van der Waals surface area contributed by atoms with Gasteiger partial charge in [0.05, 0.1) is 29.4 Å². The third-order valence-corrected chi connectivity index (χ3v) is 6.60. The molecule has 0 aliphatic rings. The van der Waals surface area contributed by atoms with E-state index in [1.54, 1.807) is 0 Å². The van der Waals surface area contributed by atoms with Crippen molar-refractivity contribution < 1.29 is 41.1 Å². The van der Waals surface area contributed by atoms with E-state index in [-0.39, 0.29) is 10.6 Å². The molecule has 1 aromatic carbocycles. The van der Waals surface area contributed by atoms with E-state index in [9.17, 15) is 27.3 Å². The van der Waals surface area contributed by atoms with Gasteiger partial charge < -0.3 is 19.1 Å². The zero-order valence-electron chi connectivity index (χ0n) is 17.1. The lowest BCUT2D eigenvalue weighted by atomic mass is 10.2. The Labute approximate surface area is 177 Å². The van der Waals surface area contributed by atoms with Gasteiger partial charge in [-0.15, -0.1) is 0 Å². The van der Waals surface area contributed by atoms with Gasteiger partial charge in [-0.3, -0.25) is 9.36 Å². The van der Waals surface area contributed by atoms with Gasteiger partial charge in [0.1, 0.15) is 0 Å². The van der Waals surface area contributed by atoms with Crippen LogP contribution in [0.1, 0.15) is 45.0 Å². The number of esters is 1. The van der Waals surface area contributed by atoms with Gasteiger partial charge in [-0.2, -0.15) is 13.2 Å². The molecule has 7 nitrogen and oxygen atoms in total. The van der Waals surface area contributed by atoms with E-state index in [1.807, 2.05) is 0 Å². The minimum absolute atomic E-state index is 0.181. The number of hydrogen-bond acceptors (Lipinski definition) is 6. The number of carbonyl (C=O) groups excluding carboxylic acids is 2. The standard InChI is InChI=1S/C18H24ClF3NO6P/c1-6-27-16(25)17(18(20,21)22,30(26,28-11(2)3)29-12(4)5)23-15(24)13-9-7-8-10-14(13)19/h7-12H,6H2,1-5H3,(H,23,24). The maximum atomic E-state index is 14.4. The number of rotatable bonds is 9. The Morgan fingerprint density at radius 1 is 1.10 bits per heavy atom. The lowest BCUT2D eigenvalue weighted by molar-refractivity contribution is -0.196. The minimum atomic E-state index is -5.62. The summed E-state index contributed by atoms with van der Waals surface area (Å²) < 4.78 is 71.5. The van der Waals surface area contributed by atoms with Crippen molar-refractivity contribution >= 4 is 31.1 Å². The summed E-state index contributed by atoms with van der Waals surface area (Å²) in [5.41, 5.74) is -0.377. The van der Waals surface area contributed by atoms with Crippen LogP contribution in [0.2, 0.25) is 5.02 Å². The fourth-order valence-electron chi connectivity index (χ4n) is 2.42. The van der Waals surface area contributed by atoms with E-state index in [4.69, 9.17) is 20.6 Å². The van der Waals surface area contributed by atoms with Crippen molar-refractivity contribution in [1.29, 1.82) is 0 Å². The highest BCUT2D eigenvalue weighted by Crippen LogP contribution is 2.66. The number of halogens is 4. The van der Waals surface area contributed by atoms with Crippen molar-refractivity contribution in [2.75, 3.05) is 6.61 Å². The topological polar surface area (TPSA) is 90.9 Å². The van der Waals surface area contributed by atoms with Crippen molar-refractivity contribution in [2.45, 2.75) is 58.3 Å². The van der Waals surface area contributed by atoms with Crippen LogP contribution < -0.4 is 5.32 Å². The zero-order valence-corrected chi connectivity index (χ0v) is 18.7. The summed E-state index contributed by atoms with van der Waals surface area (Å²) in [6.07, 6.45) is -7.72. The second-order valence-electron chi connectivity index (χ2n) is 6.67. The Morgan fingerprint density at radius 2 is 1.60 bits per heavy atom. The molecule has 0 bridgehead atoms. The van der Waals surface area contributed by atoms with Gasteiger partial charge in [0, 0.05) is 0 Å². The number of carbonyl (C=O) groups is 2. The summed E-state index contributed by atoms with van der Waals surface area (Å²) in [6.45, 7) is 5.99. The first kappa shape index (κ1) is 26.4. The van der Waals surface area contributed by atoms with E-state index in [2.05, 4.69) is 4.74 Å². The molecule has 0 aliphatic heterocycles. The van der Waals surface area contributed by atoms with E-state index in [0.717, 1.165) is 6.07 Å². The van der Waals surface area contributed by atoms with Crippen LogP contribution in [0, 0.1) is 0 Å². The predicted octanol–water partition coefficient (Wildman–Crippen LogP) is 4.93. The van der Waals surface area contributed by atoms with Gasteiger partial charge in [0.15, 0.2) is 0 Å². The molecule has 0 saturated heterocycles. The number of nitrogens with one attached hydrogen (secondary N) is 1. The van der Waals surface area contributed by atoms with Crippen LogP contribution in [0.3, 0.4) is 0 Å². The molecule has 0 aliphatic carbocycles. The maximum Gasteiger partial charge on any atom is 0.434 e. The van der Waals surface area contributed by atoms with E-state index in [1.165, 1.54) is 58.1 Å². The monoisotopic (exact) mass is 473 g/mol. The number of benzene rings is 1. The van der Waals surface area contributed by atoms with Crippen molar-refractivity contribution in [3.8, 4) is 0 Å². The second-order valence-corrected chi connectivity index (χ2v) is 9.16. The molecule has 1 aromatic rings. The Kier molecular flexibility index (Phi) is 8.92. The maximum absolute atomic E-state index is 14.4. The highest BCUT2D eigenvalue weighted by Gasteiger charge is 2.76. The first-order valence-corrected chi connectivity index (χ1v) is 10.9. The summed E-state index contributed by atoms with van der Waals surface area (Å²) >= 11 is 5.90. The third-order valence-electron chi connectivity index (χ3n) is 3.50. The van der Waals surface area contributed by atoms with Gasteiger partial charge in [0.2, 0.25) is 0 Å². The molecule has 0 radical (unpaired) electrons. The fraction of sp³-hybridized carbons (Fsp3) is 0.556. The van der Waals surface area contributed by atoms with Gasteiger partial charge in [-0.1, -0.05) is 23.7 Å². The summed E-state index contributed by atoms with van der Waals surface area (Å²) in [6, 6.07) is 5.22. The fourth-order valence-corrected chi connectivity index (χ4v) is 4.96. The van der Waals surface area contributed by atoms with E-state index in [0.29, 0.717) is 0 Å². The highest BCUT2D eigenvalue weighted by molar-refractivity contribution is 7.57. The largest absolute Gasteiger partial charge is 0.463 e. The number of alkyl halides is 3. The van der Waals surface area contributed by atoms with Crippen LogP contribution in [0.4, 0.5) is 13.2 Å². The van der Waals surface area contributed by atoms with Crippen molar-refractivity contribution in [3.63, 3.8) is 0 Å².